The summed E-state index contributed by atoms with van der Waals surface area (Å²) in [7, 11) is 0. The lowest BCUT2D eigenvalue weighted by Gasteiger charge is -2.32. The minimum Gasteiger partial charge on any atom is -0.381 e. The van der Waals surface area contributed by atoms with Crippen molar-refractivity contribution < 1.29 is 9.53 Å². The minimum atomic E-state index is 0.0627. The Hall–Kier alpha value is -1.66. The van der Waals surface area contributed by atoms with Crippen LogP contribution < -0.4 is 5.32 Å². The van der Waals surface area contributed by atoms with Gasteiger partial charge in [0, 0.05) is 38.1 Å². The summed E-state index contributed by atoms with van der Waals surface area (Å²) in [6.45, 7) is 3.93. The fraction of sp³-hybridized carbons (Fsp3) is 0.556. The Morgan fingerprint density at radius 1 is 1.38 bits per heavy atom. The second-order valence-corrected chi connectivity index (χ2v) is 7.78. The van der Waals surface area contributed by atoms with E-state index in [2.05, 4.69) is 23.5 Å². The van der Waals surface area contributed by atoms with Gasteiger partial charge >= 0.3 is 6.03 Å². The zero-order chi connectivity index (χ0) is 16.4. The molecule has 0 unspecified atom stereocenters. The second kappa shape index (κ2) is 7.07. The van der Waals surface area contributed by atoms with Crippen molar-refractivity contribution in [1.29, 1.82) is 0 Å². The lowest BCUT2D eigenvalue weighted by Crippen LogP contribution is -2.46. The Morgan fingerprint density at radius 2 is 2.29 bits per heavy atom. The van der Waals surface area contributed by atoms with E-state index in [1.807, 2.05) is 11.0 Å². The molecule has 2 aliphatic heterocycles. The summed E-state index contributed by atoms with van der Waals surface area (Å²) in [6, 6.07) is 8.32. The van der Waals surface area contributed by atoms with Gasteiger partial charge in [0.25, 0.3) is 0 Å². The average molecular weight is 345 g/mol. The molecule has 24 heavy (non-hydrogen) atoms. The normalized spacial score (nSPS) is 24.4. The molecule has 2 amide bonds. The Labute approximate surface area is 146 Å². The highest BCUT2D eigenvalue weighted by atomic mass is 32.1. The Balaban J connectivity index is 1.38. The summed E-state index contributed by atoms with van der Waals surface area (Å²) >= 11 is 1.77. The van der Waals surface area contributed by atoms with E-state index in [4.69, 9.17) is 9.72 Å². The van der Waals surface area contributed by atoms with Crippen LogP contribution in [0, 0.1) is 5.92 Å². The highest BCUT2D eigenvalue weighted by Gasteiger charge is 2.27. The van der Waals surface area contributed by atoms with Crippen LogP contribution in [0.5, 0.6) is 0 Å². The average Bonchev–Trinajstić information content (AvgIpc) is 3.29. The van der Waals surface area contributed by atoms with Crippen molar-refractivity contribution in [2.75, 3.05) is 32.8 Å². The number of aromatic nitrogens is 1. The van der Waals surface area contributed by atoms with E-state index in [0.29, 0.717) is 11.8 Å². The summed E-state index contributed by atoms with van der Waals surface area (Å²) in [5.41, 5.74) is 1.07. The van der Waals surface area contributed by atoms with Gasteiger partial charge in [0.1, 0.15) is 0 Å². The predicted molar refractivity (Wildman–Crippen MR) is 95.5 cm³/mol. The summed E-state index contributed by atoms with van der Waals surface area (Å²) in [5, 5.41) is 4.25. The van der Waals surface area contributed by atoms with Gasteiger partial charge in [-0.05, 0) is 31.4 Å². The lowest BCUT2D eigenvalue weighted by atomic mass is 9.99. The standard InChI is InChI=1S/C18H23N3O2S/c22-18(19-10-13-7-9-23-12-13)21-8-3-4-14(11-21)17-20-15-5-1-2-6-16(15)24-17/h1-2,5-6,13-14H,3-4,7-12H2,(H,19,22)/t13-,14-/m1/s1. The number of amides is 2. The molecule has 0 radical (unpaired) electrons. The Kier molecular flexibility index (Phi) is 4.67. The van der Waals surface area contributed by atoms with Crippen LogP contribution in [0.2, 0.25) is 0 Å². The molecule has 2 aliphatic rings. The molecule has 128 valence electrons. The maximum Gasteiger partial charge on any atom is 0.317 e. The summed E-state index contributed by atoms with van der Waals surface area (Å²) in [6.07, 6.45) is 3.20. The number of para-hydroxylation sites is 1. The third-order valence-corrected chi connectivity index (χ3v) is 6.13. The number of ether oxygens (including phenoxy) is 1. The van der Waals surface area contributed by atoms with E-state index < -0.39 is 0 Å². The summed E-state index contributed by atoms with van der Waals surface area (Å²) in [4.78, 5) is 19.2. The Morgan fingerprint density at radius 3 is 3.12 bits per heavy atom. The van der Waals surface area contributed by atoms with Crippen molar-refractivity contribution >= 4 is 27.6 Å². The predicted octanol–water partition coefficient (Wildman–Crippen LogP) is 3.22. The summed E-state index contributed by atoms with van der Waals surface area (Å²) < 4.78 is 6.60. The minimum absolute atomic E-state index is 0.0627. The number of benzene rings is 1. The van der Waals surface area contributed by atoms with Crippen LogP contribution >= 0.6 is 11.3 Å². The highest BCUT2D eigenvalue weighted by Crippen LogP contribution is 2.32. The molecule has 4 rings (SSSR count). The first-order chi connectivity index (χ1) is 11.8. The topological polar surface area (TPSA) is 54.5 Å². The van der Waals surface area contributed by atoms with Gasteiger partial charge < -0.3 is 15.0 Å². The van der Waals surface area contributed by atoms with E-state index in [0.717, 1.165) is 62.6 Å². The molecule has 1 aromatic heterocycles. The van der Waals surface area contributed by atoms with Crippen molar-refractivity contribution in [3.05, 3.63) is 29.3 Å². The SMILES string of the molecule is O=C(NC[C@H]1CCOC1)N1CCC[C@@H](c2nc3ccccc3s2)C1. The zero-order valence-corrected chi connectivity index (χ0v) is 14.6. The molecule has 1 aromatic carbocycles. The number of likely N-dealkylation sites (tertiary alicyclic amines) is 1. The van der Waals surface area contributed by atoms with Crippen molar-refractivity contribution in [2.45, 2.75) is 25.2 Å². The van der Waals surface area contributed by atoms with Crippen LogP contribution in [0.25, 0.3) is 10.2 Å². The van der Waals surface area contributed by atoms with Gasteiger partial charge in [-0.3, -0.25) is 0 Å². The number of rotatable bonds is 3. The van der Waals surface area contributed by atoms with Gasteiger partial charge in [-0.2, -0.15) is 0 Å². The molecule has 2 aromatic rings. The monoisotopic (exact) mass is 345 g/mol. The highest BCUT2D eigenvalue weighted by molar-refractivity contribution is 7.18. The van der Waals surface area contributed by atoms with E-state index in [-0.39, 0.29) is 6.03 Å². The molecule has 2 atom stereocenters. The zero-order valence-electron chi connectivity index (χ0n) is 13.7. The summed E-state index contributed by atoms with van der Waals surface area (Å²) in [5.74, 6) is 0.829. The van der Waals surface area contributed by atoms with Crippen LogP contribution in [0.3, 0.4) is 0 Å². The maximum atomic E-state index is 12.5. The lowest BCUT2D eigenvalue weighted by molar-refractivity contribution is 0.172. The van der Waals surface area contributed by atoms with Crippen LogP contribution in [0.15, 0.2) is 24.3 Å². The quantitative estimate of drug-likeness (QED) is 0.929. The number of thiazole rings is 1. The van der Waals surface area contributed by atoms with Gasteiger partial charge in [-0.1, -0.05) is 12.1 Å². The number of piperidine rings is 1. The molecule has 6 heteroatoms. The number of hydrogen-bond acceptors (Lipinski definition) is 4. The largest absolute Gasteiger partial charge is 0.381 e. The maximum absolute atomic E-state index is 12.5. The van der Waals surface area contributed by atoms with Gasteiger partial charge in [-0.25, -0.2) is 9.78 Å². The van der Waals surface area contributed by atoms with E-state index in [1.54, 1.807) is 11.3 Å². The van der Waals surface area contributed by atoms with Crippen LogP contribution in [-0.4, -0.2) is 48.8 Å². The van der Waals surface area contributed by atoms with Gasteiger partial charge in [0.05, 0.1) is 21.8 Å². The Bertz CT molecular complexity index is 678. The first kappa shape index (κ1) is 15.8. The van der Waals surface area contributed by atoms with Crippen molar-refractivity contribution in [2.24, 2.45) is 5.92 Å². The van der Waals surface area contributed by atoms with E-state index in [9.17, 15) is 4.79 Å². The van der Waals surface area contributed by atoms with Crippen LogP contribution in [0.4, 0.5) is 4.79 Å². The number of carbonyl (C=O) groups is 1. The van der Waals surface area contributed by atoms with Crippen molar-refractivity contribution in [3.63, 3.8) is 0 Å². The first-order valence-corrected chi connectivity index (χ1v) is 9.57. The van der Waals surface area contributed by atoms with Crippen molar-refractivity contribution in [1.82, 2.24) is 15.2 Å². The van der Waals surface area contributed by atoms with Crippen LogP contribution in [0.1, 0.15) is 30.2 Å². The molecule has 2 fully saturated rings. The third kappa shape index (κ3) is 3.39. The number of urea groups is 1. The number of hydrogen-bond donors (Lipinski definition) is 1. The number of carbonyl (C=O) groups excluding carboxylic acids is 1. The van der Waals surface area contributed by atoms with E-state index in [1.165, 1.54) is 4.70 Å². The van der Waals surface area contributed by atoms with Gasteiger partial charge in [-0.15, -0.1) is 11.3 Å². The molecule has 0 spiro atoms. The second-order valence-electron chi connectivity index (χ2n) is 6.72. The fourth-order valence-corrected chi connectivity index (χ4v) is 4.61. The molecule has 0 aliphatic carbocycles. The number of nitrogens with zero attached hydrogens (tertiary/aromatic N) is 2. The molecular weight excluding hydrogens is 322 g/mol. The van der Waals surface area contributed by atoms with Gasteiger partial charge in [0.2, 0.25) is 0 Å². The van der Waals surface area contributed by atoms with E-state index >= 15 is 0 Å². The molecule has 3 heterocycles. The smallest absolute Gasteiger partial charge is 0.317 e. The molecule has 0 bridgehead atoms. The molecular formula is C18H23N3O2S. The van der Waals surface area contributed by atoms with Crippen LogP contribution in [-0.2, 0) is 4.74 Å². The molecule has 5 nitrogen and oxygen atoms in total. The molecule has 0 saturated carbocycles. The number of nitrogens with one attached hydrogen (secondary N) is 1. The fourth-order valence-electron chi connectivity index (χ4n) is 3.52. The first-order valence-electron chi connectivity index (χ1n) is 8.75. The molecule has 2 saturated heterocycles. The van der Waals surface area contributed by atoms with Crippen molar-refractivity contribution in [3.8, 4) is 0 Å². The third-order valence-electron chi connectivity index (χ3n) is 4.93. The molecule has 1 N–H and O–H groups in total. The van der Waals surface area contributed by atoms with Gasteiger partial charge in [0.15, 0.2) is 0 Å². The number of fused-ring (bicyclic) bond motifs is 1.